The molecule has 0 unspecified atom stereocenters. The quantitative estimate of drug-likeness (QED) is 0.837. The van der Waals surface area contributed by atoms with Crippen molar-refractivity contribution >= 4 is 23.5 Å². The van der Waals surface area contributed by atoms with E-state index in [0.29, 0.717) is 13.2 Å². The minimum absolute atomic E-state index is 0.234. The molecule has 6 nitrogen and oxygen atoms in total. The number of benzene rings is 2. The normalized spacial score (nSPS) is 12.8. The third-order valence-electron chi connectivity index (χ3n) is 3.82. The summed E-state index contributed by atoms with van der Waals surface area (Å²) in [6.07, 6.45) is -0.326. The number of nitrogens with zero attached hydrogens (tertiary/aromatic N) is 1. The molecule has 0 aromatic heterocycles. The van der Waals surface area contributed by atoms with Gasteiger partial charge < -0.3 is 15.4 Å². The predicted molar refractivity (Wildman–Crippen MR) is 100 cm³/mol. The molecule has 3 amide bonds. The molecule has 0 atom stereocenters. The fraction of sp³-hybridized carbons (Fsp3) is 0.200. The highest BCUT2D eigenvalue weighted by Gasteiger charge is 2.23. The second-order valence-corrected chi connectivity index (χ2v) is 5.79. The Balaban J connectivity index is 1.48. The number of aryl methyl sites for hydroxylation is 1. The summed E-state index contributed by atoms with van der Waals surface area (Å²) in [7, 11) is 0. The molecular formula is C20H19N3O3. The molecule has 0 aliphatic carbocycles. The summed E-state index contributed by atoms with van der Waals surface area (Å²) >= 11 is 0. The molecule has 2 N–H and O–H groups in total. The maximum Gasteiger partial charge on any atom is 0.414 e. The van der Waals surface area contributed by atoms with E-state index in [1.165, 1.54) is 0 Å². The lowest BCUT2D eigenvalue weighted by Gasteiger charge is -2.11. The number of anilines is 2. The molecule has 1 heterocycles. The smallest absolute Gasteiger partial charge is 0.414 e. The first-order chi connectivity index (χ1) is 12.6. The lowest BCUT2D eigenvalue weighted by molar-refractivity contribution is 0.181. The van der Waals surface area contributed by atoms with Gasteiger partial charge in [0.1, 0.15) is 6.61 Å². The third kappa shape index (κ3) is 4.54. The summed E-state index contributed by atoms with van der Waals surface area (Å²) < 4.78 is 4.91. The van der Waals surface area contributed by atoms with Gasteiger partial charge in [-0.15, -0.1) is 0 Å². The molecule has 2 aromatic carbocycles. The molecule has 3 rings (SSSR count). The zero-order valence-corrected chi connectivity index (χ0v) is 14.4. The minimum Gasteiger partial charge on any atom is -0.447 e. The number of rotatable bonds is 3. The Bertz CT molecular complexity index is 849. The number of carbonyl (C=O) groups excluding carboxylic acids is 2. The van der Waals surface area contributed by atoms with Gasteiger partial charge in [0.15, 0.2) is 0 Å². The van der Waals surface area contributed by atoms with Crippen LogP contribution in [0.2, 0.25) is 0 Å². The summed E-state index contributed by atoms with van der Waals surface area (Å²) in [6.45, 7) is 3.20. The first-order valence-corrected chi connectivity index (χ1v) is 8.26. The van der Waals surface area contributed by atoms with E-state index in [9.17, 15) is 9.59 Å². The van der Waals surface area contributed by atoms with Crippen LogP contribution in [0.1, 0.15) is 11.1 Å². The zero-order valence-electron chi connectivity index (χ0n) is 14.4. The molecule has 1 saturated heterocycles. The van der Waals surface area contributed by atoms with Gasteiger partial charge in [-0.25, -0.2) is 9.59 Å². The SMILES string of the molecule is Cc1ccc(NC(=O)NCC#Cc2ccc(N3CCOC3=O)cc2)cc1. The maximum atomic E-state index is 11.8. The molecule has 0 spiro atoms. The van der Waals surface area contributed by atoms with E-state index in [2.05, 4.69) is 22.5 Å². The van der Waals surface area contributed by atoms with Crippen LogP contribution in [0.4, 0.5) is 21.0 Å². The number of hydrogen-bond donors (Lipinski definition) is 2. The van der Waals surface area contributed by atoms with Crippen LogP contribution in [-0.2, 0) is 4.74 Å². The van der Waals surface area contributed by atoms with E-state index in [0.717, 1.165) is 22.5 Å². The number of urea groups is 1. The van der Waals surface area contributed by atoms with Crippen LogP contribution in [0.25, 0.3) is 0 Å². The maximum absolute atomic E-state index is 11.8. The molecule has 1 aliphatic rings. The topological polar surface area (TPSA) is 70.7 Å². The Morgan fingerprint density at radius 1 is 1.15 bits per heavy atom. The molecular weight excluding hydrogens is 330 g/mol. The van der Waals surface area contributed by atoms with Gasteiger partial charge in [-0.3, -0.25) is 4.90 Å². The zero-order chi connectivity index (χ0) is 18.4. The largest absolute Gasteiger partial charge is 0.447 e. The van der Waals surface area contributed by atoms with E-state index in [1.807, 2.05) is 55.5 Å². The van der Waals surface area contributed by atoms with E-state index < -0.39 is 0 Å². The van der Waals surface area contributed by atoms with Crippen molar-refractivity contribution in [3.63, 3.8) is 0 Å². The van der Waals surface area contributed by atoms with Crippen molar-refractivity contribution < 1.29 is 14.3 Å². The first-order valence-electron chi connectivity index (χ1n) is 8.26. The van der Waals surface area contributed by atoms with Gasteiger partial charge in [-0.05, 0) is 43.3 Å². The molecule has 1 aliphatic heterocycles. The minimum atomic E-state index is -0.326. The molecule has 0 bridgehead atoms. The standard InChI is InChI=1S/C20H19N3O3/c1-15-4-8-17(9-5-15)22-19(24)21-12-2-3-16-6-10-18(11-7-16)23-13-14-26-20(23)25/h4-11H,12-14H2,1H3,(H2,21,22,24). The predicted octanol–water partition coefficient (Wildman–Crippen LogP) is 3.12. The lowest BCUT2D eigenvalue weighted by atomic mass is 10.2. The second-order valence-electron chi connectivity index (χ2n) is 5.79. The van der Waals surface area contributed by atoms with Crippen LogP contribution in [0.5, 0.6) is 0 Å². The summed E-state index contributed by atoms with van der Waals surface area (Å²) in [5, 5.41) is 5.43. The Labute approximate surface area is 152 Å². The second kappa shape index (κ2) is 8.08. The average molecular weight is 349 g/mol. The van der Waals surface area contributed by atoms with Gasteiger partial charge in [0.2, 0.25) is 0 Å². The fourth-order valence-corrected chi connectivity index (χ4v) is 2.44. The number of cyclic esters (lactones) is 1. The summed E-state index contributed by atoms with van der Waals surface area (Å²) in [6, 6.07) is 14.6. The van der Waals surface area contributed by atoms with Gasteiger partial charge in [0.05, 0.1) is 13.1 Å². The van der Waals surface area contributed by atoms with Crippen molar-refractivity contribution in [1.29, 1.82) is 0 Å². The molecule has 2 aromatic rings. The monoisotopic (exact) mass is 349 g/mol. The van der Waals surface area contributed by atoms with Gasteiger partial charge in [0.25, 0.3) is 0 Å². The fourth-order valence-electron chi connectivity index (χ4n) is 2.44. The molecule has 132 valence electrons. The summed E-state index contributed by atoms with van der Waals surface area (Å²) in [4.78, 5) is 24.9. The van der Waals surface area contributed by atoms with E-state index in [4.69, 9.17) is 4.74 Å². The highest BCUT2D eigenvalue weighted by atomic mass is 16.6. The summed E-state index contributed by atoms with van der Waals surface area (Å²) in [5.41, 5.74) is 3.46. The lowest BCUT2D eigenvalue weighted by Crippen LogP contribution is -2.28. The highest BCUT2D eigenvalue weighted by Crippen LogP contribution is 2.18. The first kappa shape index (κ1) is 17.4. The van der Waals surface area contributed by atoms with Crippen LogP contribution in [0.3, 0.4) is 0 Å². The number of ether oxygens (including phenoxy) is 1. The highest BCUT2D eigenvalue weighted by molar-refractivity contribution is 5.90. The number of carbonyl (C=O) groups is 2. The number of amides is 3. The Morgan fingerprint density at radius 2 is 1.88 bits per heavy atom. The van der Waals surface area contributed by atoms with E-state index >= 15 is 0 Å². The van der Waals surface area contributed by atoms with Crippen LogP contribution < -0.4 is 15.5 Å². The number of hydrogen-bond acceptors (Lipinski definition) is 3. The van der Waals surface area contributed by atoms with Crippen LogP contribution in [0, 0.1) is 18.8 Å². The van der Waals surface area contributed by atoms with Crippen LogP contribution in [0.15, 0.2) is 48.5 Å². The van der Waals surface area contributed by atoms with Crippen molar-refractivity contribution in [2.24, 2.45) is 0 Å². The molecule has 1 fully saturated rings. The van der Waals surface area contributed by atoms with Gasteiger partial charge in [0, 0.05) is 16.9 Å². The Morgan fingerprint density at radius 3 is 2.54 bits per heavy atom. The van der Waals surface area contributed by atoms with Gasteiger partial charge in [-0.2, -0.15) is 0 Å². The average Bonchev–Trinajstić information content (AvgIpc) is 3.07. The third-order valence-corrected chi connectivity index (χ3v) is 3.82. The molecule has 6 heteroatoms. The van der Waals surface area contributed by atoms with Crippen LogP contribution in [-0.4, -0.2) is 31.8 Å². The molecule has 0 saturated carbocycles. The Hall–Kier alpha value is -3.46. The summed E-state index contributed by atoms with van der Waals surface area (Å²) in [5.74, 6) is 5.87. The van der Waals surface area contributed by atoms with Crippen molar-refractivity contribution in [3.05, 3.63) is 59.7 Å². The van der Waals surface area contributed by atoms with Gasteiger partial charge >= 0.3 is 12.1 Å². The molecule has 0 radical (unpaired) electrons. The van der Waals surface area contributed by atoms with E-state index in [1.54, 1.807) is 4.90 Å². The van der Waals surface area contributed by atoms with Crippen molar-refractivity contribution in [3.8, 4) is 11.8 Å². The van der Waals surface area contributed by atoms with Crippen molar-refractivity contribution in [1.82, 2.24) is 5.32 Å². The van der Waals surface area contributed by atoms with Gasteiger partial charge in [-0.1, -0.05) is 29.5 Å². The van der Waals surface area contributed by atoms with Crippen LogP contribution >= 0.6 is 0 Å². The number of nitrogens with one attached hydrogen (secondary N) is 2. The Kier molecular flexibility index (Phi) is 5.40. The van der Waals surface area contributed by atoms with Crippen molar-refractivity contribution in [2.45, 2.75) is 6.92 Å². The van der Waals surface area contributed by atoms with E-state index in [-0.39, 0.29) is 18.7 Å². The molecule has 26 heavy (non-hydrogen) atoms. The van der Waals surface area contributed by atoms with Crippen molar-refractivity contribution in [2.75, 3.05) is 29.9 Å².